The van der Waals surface area contributed by atoms with Crippen LogP contribution in [0.2, 0.25) is 5.02 Å². The van der Waals surface area contributed by atoms with Gasteiger partial charge in [0.15, 0.2) is 0 Å². The second-order valence-corrected chi connectivity index (χ2v) is 5.67. The van der Waals surface area contributed by atoms with Gasteiger partial charge in [-0.05, 0) is 47.0 Å². The van der Waals surface area contributed by atoms with E-state index in [-0.39, 0.29) is 6.04 Å². The van der Waals surface area contributed by atoms with Crippen molar-refractivity contribution in [3.05, 3.63) is 51.2 Å². The van der Waals surface area contributed by atoms with Gasteiger partial charge < -0.3 is 10.6 Å². The third kappa shape index (κ3) is 3.05. The van der Waals surface area contributed by atoms with E-state index in [0.29, 0.717) is 0 Å². The van der Waals surface area contributed by atoms with E-state index in [4.69, 9.17) is 17.3 Å². The fraction of sp³-hybridized carbons (Fsp3) is 0.286. The van der Waals surface area contributed by atoms with Crippen LogP contribution in [0.4, 0.5) is 5.69 Å². The number of rotatable bonds is 4. The monoisotopic (exact) mass is 280 g/mol. The smallest absolute Gasteiger partial charge is 0.0474 e. The van der Waals surface area contributed by atoms with Gasteiger partial charge in [-0.25, -0.2) is 0 Å². The van der Waals surface area contributed by atoms with Gasteiger partial charge in [-0.2, -0.15) is 11.3 Å². The molecule has 1 unspecified atom stereocenters. The van der Waals surface area contributed by atoms with E-state index in [1.165, 1.54) is 5.56 Å². The molecule has 0 fully saturated rings. The molecule has 0 aliphatic rings. The molecule has 1 aromatic carbocycles. The van der Waals surface area contributed by atoms with Gasteiger partial charge in [0.05, 0.1) is 0 Å². The van der Waals surface area contributed by atoms with Gasteiger partial charge in [-0.3, -0.25) is 0 Å². The highest BCUT2D eigenvalue weighted by Gasteiger charge is 2.08. The van der Waals surface area contributed by atoms with Crippen LogP contribution in [0.25, 0.3) is 0 Å². The standard InChI is InChI=1S/C14H17ClN2S/c1-10(16)13-4-3-12(7-14(13)15)17(2)8-11-5-6-18-9-11/h3-7,9-10H,8,16H2,1-2H3. The Morgan fingerprint density at radius 2 is 2.17 bits per heavy atom. The molecule has 18 heavy (non-hydrogen) atoms. The zero-order chi connectivity index (χ0) is 13.1. The van der Waals surface area contributed by atoms with Crippen molar-refractivity contribution in [3.8, 4) is 0 Å². The first kappa shape index (κ1) is 13.4. The van der Waals surface area contributed by atoms with E-state index in [1.54, 1.807) is 11.3 Å². The van der Waals surface area contributed by atoms with Crippen LogP contribution in [0.1, 0.15) is 24.1 Å². The van der Waals surface area contributed by atoms with Crippen LogP contribution in [0.5, 0.6) is 0 Å². The van der Waals surface area contributed by atoms with Crippen LogP contribution in [0.15, 0.2) is 35.0 Å². The molecule has 0 spiro atoms. The van der Waals surface area contributed by atoms with E-state index in [2.05, 4.69) is 34.8 Å². The first-order valence-corrected chi connectivity index (χ1v) is 7.17. The first-order chi connectivity index (χ1) is 8.58. The molecule has 2 aromatic rings. The Morgan fingerprint density at radius 3 is 2.72 bits per heavy atom. The average Bonchev–Trinajstić information content (AvgIpc) is 2.81. The Morgan fingerprint density at radius 1 is 1.39 bits per heavy atom. The molecule has 2 nitrogen and oxygen atoms in total. The number of anilines is 1. The molecule has 0 amide bonds. The summed E-state index contributed by atoms with van der Waals surface area (Å²) in [5.41, 5.74) is 9.27. The quantitative estimate of drug-likeness (QED) is 0.915. The number of halogens is 1. The van der Waals surface area contributed by atoms with Crippen molar-refractivity contribution < 1.29 is 0 Å². The summed E-state index contributed by atoms with van der Waals surface area (Å²) >= 11 is 7.96. The molecule has 2 rings (SSSR count). The number of thiophene rings is 1. The largest absolute Gasteiger partial charge is 0.370 e. The second kappa shape index (κ2) is 5.74. The Kier molecular flexibility index (Phi) is 4.27. The average molecular weight is 281 g/mol. The molecule has 1 heterocycles. The maximum absolute atomic E-state index is 6.25. The van der Waals surface area contributed by atoms with Gasteiger partial charge in [0.1, 0.15) is 0 Å². The number of nitrogens with zero attached hydrogens (tertiary/aromatic N) is 1. The van der Waals surface area contributed by atoms with E-state index < -0.39 is 0 Å². The highest BCUT2D eigenvalue weighted by molar-refractivity contribution is 7.07. The molecule has 0 aliphatic carbocycles. The molecule has 0 saturated heterocycles. The summed E-state index contributed by atoms with van der Waals surface area (Å²) in [6.45, 7) is 2.83. The fourth-order valence-electron chi connectivity index (χ4n) is 1.87. The van der Waals surface area contributed by atoms with Gasteiger partial charge in [-0.1, -0.05) is 17.7 Å². The van der Waals surface area contributed by atoms with E-state index in [9.17, 15) is 0 Å². The van der Waals surface area contributed by atoms with Crippen molar-refractivity contribution in [2.75, 3.05) is 11.9 Å². The molecule has 1 aromatic heterocycles. The van der Waals surface area contributed by atoms with Crippen LogP contribution in [0.3, 0.4) is 0 Å². The van der Waals surface area contributed by atoms with Crippen LogP contribution < -0.4 is 10.6 Å². The fourth-order valence-corrected chi connectivity index (χ4v) is 2.88. The second-order valence-electron chi connectivity index (χ2n) is 4.48. The van der Waals surface area contributed by atoms with E-state index >= 15 is 0 Å². The minimum atomic E-state index is -0.0336. The lowest BCUT2D eigenvalue weighted by atomic mass is 10.1. The Labute approximate surface area is 117 Å². The molecule has 0 bridgehead atoms. The predicted octanol–water partition coefficient (Wildman–Crippen LogP) is 4.06. The SMILES string of the molecule is CC(N)c1ccc(N(C)Cc2ccsc2)cc1Cl. The lowest BCUT2D eigenvalue weighted by Gasteiger charge is -2.20. The van der Waals surface area contributed by atoms with Crippen molar-refractivity contribution in [3.63, 3.8) is 0 Å². The zero-order valence-electron chi connectivity index (χ0n) is 10.6. The molecule has 4 heteroatoms. The lowest BCUT2D eigenvalue weighted by molar-refractivity contribution is 0.817. The summed E-state index contributed by atoms with van der Waals surface area (Å²) in [5, 5.41) is 4.99. The summed E-state index contributed by atoms with van der Waals surface area (Å²) in [7, 11) is 2.06. The number of benzene rings is 1. The first-order valence-electron chi connectivity index (χ1n) is 5.85. The normalized spacial score (nSPS) is 12.4. The summed E-state index contributed by atoms with van der Waals surface area (Å²) in [4.78, 5) is 2.18. The van der Waals surface area contributed by atoms with E-state index in [0.717, 1.165) is 22.8 Å². The van der Waals surface area contributed by atoms with Gasteiger partial charge >= 0.3 is 0 Å². The van der Waals surface area contributed by atoms with Crippen LogP contribution >= 0.6 is 22.9 Å². The predicted molar refractivity (Wildman–Crippen MR) is 80.5 cm³/mol. The minimum absolute atomic E-state index is 0.0336. The molecule has 0 aliphatic heterocycles. The number of nitrogens with two attached hydrogens (primary N) is 1. The Hall–Kier alpha value is -1.03. The van der Waals surface area contributed by atoms with E-state index in [1.807, 2.05) is 19.1 Å². The summed E-state index contributed by atoms with van der Waals surface area (Å²) in [6, 6.07) is 8.16. The molecular weight excluding hydrogens is 264 g/mol. The molecule has 0 radical (unpaired) electrons. The molecule has 96 valence electrons. The molecule has 1 atom stereocenters. The van der Waals surface area contributed by atoms with Crippen molar-refractivity contribution >= 4 is 28.6 Å². The van der Waals surface area contributed by atoms with Crippen LogP contribution in [-0.2, 0) is 6.54 Å². The van der Waals surface area contributed by atoms with Crippen molar-refractivity contribution in [2.24, 2.45) is 5.73 Å². The Balaban J connectivity index is 2.16. The molecule has 0 saturated carbocycles. The van der Waals surface area contributed by atoms with Gasteiger partial charge in [-0.15, -0.1) is 0 Å². The van der Waals surface area contributed by atoms with Crippen LogP contribution in [-0.4, -0.2) is 7.05 Å². The van der Waals surface area contributed by atoms with Gasteiger partial charge in [0.25, 0.3) is 0 Å². The zero-order valence-corrected chi connectivity index (χ0v) is 12.1. The Bertz CT molecular complexity index is 509. The number of hydrogen-bond acceptors (Lipinski definition) is 3. The highest BCUT2D eigenvalue weighted by atomic mass is 35.5. The molecular formula is C14H17ClN2S. The topological polar surface area (TPSA) is 29.3 Å². The number of hydrogen-bond donors (Lipinski definition) is 1. The summed E-state index contributed by atoms with van der Waals surface area (Å²) < 4.78 is 0. The van der Waals surface area contributed by atoms with Crippen molar-refractivity contribution in [1.29, 1.82) is 0 Å². The summed E-state index contributed by atoms with van der Waals surface area (Å²) in [6.07, 6.45) is 0. The van der Waals surface area contributed by atoms with Crippen molar-refractivity contribution in [2.45, 2.75) is 19.5 Å². The third-order valence-electron chi connectivity index (χ3n) is 2.92. The maximum atomic E-state index is 6.25. The van der Waals surface area contributed by atoms with Gasteiger partial charge in [0.2, 0.25) is 0 Å². The van der Waals surface area contributed by atoms with Gasteiger partial charge in [0, 0.05) is 30.3 Å². The maximum Gasteiger partial charge on any atom is 0.0474 e. The van der Waals surface area contributed by atoms with Crippen molar-refractivity contribution in [1.82, 2.24) is 0 Å². The minimum Gasteiger partial charge on any atom is -0.370 e. The molecule has 2 N–H and O–H groups in total. The third-order valence-corrected chi connectivity index (χ3v) is 3.97. The van der Waals surface area contributed by atoms with Crippen LogP contribution in [0, 0.1) is 0 Å². The summed E-state index contributed by atoms with van der Waals surface area (Å²) in [5.74, 6) is 0. The highest BCUT2D eigenvalue weighted by Crippen LogP contribution is 2.27. The lowest BCUT2D eigenvalue weighted by Crippen LogP contribution is -2.16.